The summed E-state index contributed by atoms with van der Waals surface area (Å²) in [5, 5.41) is 19.0. The van der Waals surface area contributed by atoms with E-state index in [4.69, 9.17) is 5.73 Å². The topological polar surface area (TPSA) is 85.9 Å². The van der Waals surface area contributed by atoms with E-state index in [1.165, 1.54) is 90.6 Å². The molecule has 318 valence electrons. The zero-order chi connectivity index (χ0) is 40.1. The van der Waals surface area contributed by atoms with E-state index in [1.54, 1.807) is 0 Å². The second kappa shape index (κ2) is 28.1. The van der Waals surface area contributed by atoms with E-state index in [1.807, 2.05) is 14.1 Å². The molecule has 0 bridgehead atoms. The molecular formula is C44H95N7O2. The van der Waals surface area contributed by atoms with Crippen molar-refractivity contribution < 1.29 is 10.2 Å². The van der Waals surface area contributed by atoms with Crippen molar-refractivity contribution in [2.24, 2.45) is 11.7 Å². The minimum atomic E-state index is -0.148. The first-order valence-electron chi connectivity index (χ1n) is 22.4. The molecule has 5 fully saturated rings. The van der Waals surface area contributed by atoms with E-state index >= 15 is 0 Å². The van der Waals surface area contributed by atoms with Gasteiger partial charge in [0.2, 0.25) is 0 Å². The van der Waals surface area contributed by atoms with Crippen molar-refractivity contribution in [2.45, 2.75) is 201 Å². The van der Waals surface area contributed by atoms with Crippen molar-refractivity contribution in [1.82, 2.24) is 29.4 Å². The minimum absolute atomic E-state index is 0.0324. The Morgan fingerprint density at radius 1 is 0.509 bits per heavy atom. The van der Waals surface area contributed by atoms with Crippen LogP contribution in [0.5, 0.6) is 0 Å². The van der Waals surface area contributed by atoms with Crippen LogP contribution in [0.3, 0.4) is 0 Å². The van der Waals surface area contributed by atoms with Crippen molar-refractivity contribution in [3.05, 3.63) is 0 Å². The molecule has 0 aromatic rings. The number of piperidine rings is 5. The molecule has 9 nitrogen and oxygen atoms in total. The third-order valence-electron chi connectivity index (χ3n) is 12.6. The third kappa shape index (κ3) is 21.7. The lowest BCUT2D eigenvalue weighted by Crippen LogP contribution is -2.54. The maximum atomic E-state index is 9.77. The molecule has 0 amide bonds. The second-order valence-corrected chi connectivity index (χ2v) is 18.5. The summed E-state index contributed by atoms with van der Waals surface area (Å²) >= 11 is 0. The molecule has 0 saturated carbocycles. The van der Waals surface area contributed by atoms with Crippen LogP contribution in [0.15, 0.2) is 0 Å². The van der Waals surface area contributed by atoms with Crippen LogP contribution in [0.2, 0.25) is 0 Å². The van der Waals surface area contributed by atoms with Crippen LogP contribution < -0.4 is 5.73 Å². The van der Waals surface area contributed by atoms with Crippen molar-refractivity contribution >= 4 is 0 Å². The molecule has 0 radical (unpaired) electrons. The highest BCUT2D eigenvalue weighted by Gasteiger charge is 2.30. The summed E-state index contributed by atoms with van der Waals surface area (Å²) in [5.41, 5.74) is 5.77. The monoisotopic (exact) mass is 754 g/mol. The summed E-state index contributed by atoms with van der Waals surface area (Å²) in [4.78, 5) is 14.6. The fraction of sp³-hybridized carbons (Fsp3) is 1.00. The average Bonchev–Trinajstić information content (AvgIpc) is 3.13. The van der Waals surface area contributed by atoms with E-state index in [0.29, 0.717) is 30.2 Å². The Labute approximate surface area is 331 Å². The Hall–Kier alpha value is -0.360. The molecule has 0 aliphatic carbocycles. The van der Waals surface area contributed by atoms with Gasteiger partial charge in [0.15, 0.2) is 0 Å². The lowest BCUT2D eigenvalue weighted by molar-refractivity contribution is -0.00233. The van der Waals surface area contributed by atoms with Crippen molar-refractivity contribution in [3.8, 4) is 0 Å². The Morgan fingerprint density at radius 2 is 0.868 bits per heavy atom. The highest BCUT2D eigenvalue weighted by atomic mass is 16.3. The van der Waals surface area contributed by atoms with Crippen molar-refractivity contribution in [2.75, 3.05) is 79.5 Å². The van der Waals surface area contributed by atoms with Crippen molar-refractivity contribution in [3.63, 3.8) is 0 Å². The molecule has 2 atom stereocenters. The van der Waals surface area contributed by atoms with Crippen LogP contribution in [0.25, 0.3) is 0 Å². The molecule has 0 aromatic heterocycles. The van der Waals surface area contributed by atoms with Gasteiger partial charge < -0.3 is 40.4 Å². The van der Waals surface area contributed by atoms with E-state index in [9.17, 15) is 10.2 Å². The Balaban J connectivity index is 0.000000333. The van der Waals surface area contributed by atoms with Gasteiger partial charge in [0.05, 0.1) is 12.2 Å². The average molecular weight is 754 g/mol. The van der Waals surface area contributed by atoms with Crippen LogP contribution in [-0.4, -0.2) is 174 Å². The number of hydrogen-bond donors (Lipinski definition) is 3. The Bertz CT molecular complexity index is 817. The number of nitrogens with two attached hydrogens (primary N) is 1. The molecule has 53 heavy (non-hydrogen) atoms. The molecule has 5 saturated heterocycles. The largest absolute Gasteiger partial charge is 0.393 e. The predicted molar refractivity (Wildman–Crippen MR) is 231 cm³/mol. The summed E-state index contributed by atoms with van der Waals surface area (Å²) in [6.45, 7) is 36.7. The smallest absolute Gasteiger partial charge is 0.0719 e. The van der Waals surface area contributed by atoms with Crippen LogP contribution in [0.4, 0.5) is 0 Å². The van der Waals surface area contributed by atoms with E-state index in [2.05, 4.69) is 106 Å². The standard InChI is InChI=1S/C10H22N2O.C10H21N.C8H18N2.C8H17NO.C8H17N/c1-8(2)12-6-5-10(13)9(7-12)11(3)4;1-4-10-5-7-11(8-6-10)9(2)3;1-7(2)10-5-3-8(9)4-6-10;1-7(2)9-5-3-8(10)4-6-9;1-8(2)9-6-4-3-5-7-9/h8-10,13H,5-7H2,1-4H3;9-10H,4-8H2,1-3H3;7-8H,3-6,9H2,1-2H3;7-8,10H,3-6H2,1-2H3;8H,3-7H2,1-2H3. The number of likely N-dealkylation sites (tertiary alicyclic amines) is 5. The van der Waals surface area contributed by atoms with Crippen LogP contribution in [0, 0.1) is 5.92 Å². The van der Waals surface area contributed by atoms with Crippen LogP contribution in [0.1, 0.15) is 147 Å². The third-order valence-corrected chi connectivity index (χ3v) is 12.6. The number of rotatable bonds is 7. The minimum Gasteiger partial charge on any atom is -0.393 e. The Morgan fingerprint density at radius 3 is 1.23 bits per heavy atom. The first-order valence-corrected chi connectivity index (χ1v) is 22.4. The first-order chi connectivity index (χ1) is 25.0. The molecule has 5 aliphatic rings. The normalized spacial score (nSPS) is 25.5. The molecule has 0 aromatic carbocycles. The van der Waals surface area contributed by atoms with Crippen LogP contribution in [-0.2, 0) is 0 Å². The summed E-state index contributed by atoms with van der Waals surface area (Å²) in [7, 11) is 4.08. The molecule has 0 spiro atoms. The van der Waals surface area contributed by atoms with Gasteiger partial charge in [0.25, 0.3) is 0 Å². The van der Waals surface area contributed by atoms with Gasteiger partial charge in [0.1, 0.15) is 0 Å². The number of hydrogen-bond acceptors (Lipinski definition) is 9. The summed E-state index contributed by atoms with van der Waals surface area (Å²) in [6, 6.07) is 4.24. The molecule has 2 unspecified atom stereocenters. The fourth-order valence-corrected chi connectivity index (χ4v) is 8.07. The zero-order valence-corrected chi connectivity index (χ0v) is 37.8. The number of likely N-dealkylation sites (N-methyl/N-ethyl adjacent to an activating group) is 1. The van der Waals surface area contributed by atoms with Crippen LogP contribution >= 0.6 is 0 Å². The van der Waals surface area contributed by atoms with Gasteiger partial charge in [-0.3, -0.25) is 4.90 Å². The fourth-order valence-electron chi connectivity index (χ4n) is 8.07. The summed E-state index contributed by atoms with van der Waals surface area (Å²) < 4.78 is 0. The molecule has 4 N–H and O–H groups in total. The van der Waals surface area contributed by atoms with Gasteiger partial charge in [0, 0.05) is 68.5 Å². The van der Waals surface area contributed by atoms with Crippen molar-refractivity contribution in [1.29, 1.82) is 0 Å². The van der Waals surface area contributed by atoms with Gasteiger partial charge in [-0.15, -0.1) is 0 Å². The van der Waals surface area contributed by atoms with Gasteiger partial charge >= 0.3 is 0 Å². The predicted octanol–water partition coefficient (Wildman–Crippen LogP) is 6.46. The van der Waals surface area contributed by atoms with E-state index in [-0.39, 0.29) is 12.2 Å². The molecule has 5 rings (SSSR count). The van der Waals surface area contributed by atoms with Gasteiger partial charge in [-0.25, -0.2) is 0 Å². The molecule has 9 heteroatoms. The molecule has 5 aliphatic heterocycles. The summed E-state index contributed by atoms with van der Waals surface area (Å²) in [5.74, 6) is 1.02. The van der Waals surface area contributed by atoms with E-state index < -0.39 is 0 Å². The van der Waals surface area contributed by atoms with Gasteiger partial charge in [-0.2, -0.15) is 0 Å². The molecular weight excluding hydrogens is 659 g/mol. The lowest BCUT2D eigenvalue weighted by Gasteiger charge is -2.41. The maximum Gasteiger partial charge on any atom is 0.0719 e. The summed E-state index contributed by atoms with van der Waals surface area (Å²) in [6.07, 6.45) is 13.5. The number of aliphatic hydroxyl groups excluding tert-OH is 2. The SMILES string of the molecule is CC(C)N1CCC(N)CC1.CC(C)N1CCC(O)C(N(C)C)C1.CC(C)N1CCC(O)CC1.CC(C)N1CCCCC1.CCC1CCN(C(C)C)CC1. The number of aliphatic hydroxyl groups is 2. The lowest BCUT2D eigenvalue weighted by atomic mass is 9.94. The highest BCUT2D eigenvalue weighted by Crippen LogP contribution is 2.21. The quantitative estimate of drug-likeness (QED) is 0.272. The number of nitrogens with zero attached hydrogens (tertiary/aromatic N) is 6. The second-order valence-electron chi connectivity index (χ2n) is 18.5. The Kier molecular flexibility index (Phi) is 26.9. The molecule has 5 heterocycles. The zero-order valence-electron chi connectivity index (χ0n) is 37.8. The van der Waals surface area contributed by atoms with E-state index in [0.717, 1.165) is 63.4 Å². The first kappa shape index (κ1) is 50.7. The maximum absolute atomic E-state index is 9.77. The van der Waals surface area contributed by atoms with Gasteiger partial charge in [-0.05, 0) is 186 Å². The van der Waals surface area contributed by atoms with Gasteiger partial charge in [-0.1, -0.05) is 19.8 Å². The highest BCUT2D eigenvalue weighted by molar-refractivity contribution is 4.86.